The number of carbonyl (C=O) groups is 2. The van der Waals surface area contributed by atoms with E-state index < -0.39 is 14.4 Å². The highest BCUT2D eigenvalue weighted by Crippen LogP contribution is 2.36. The molecule has 10 nitrogen and oxygen atoms in total. The first-order valence-electron chi connectivity index (χ1n) is 16.3. The minimum absolute atomic E-state index is 0.0662. The maximum Gasteiger partial charge on any atom is 0.251 e. The fourth-order valence-corrected chi connectivity index (χ4v) is 7.38. The van der Waals surface area contributed by atoms with Crippen molar-refractivity contribution in [2.24, 2.45) is 4.99 Å². The van der Waals surface area contributed by atoms with E-state index in [1.807, 2.05) is 98.0 Å². The van der Waals surface area contributed by atoms with Gasteiger partial charge in [0.1, 0.15) is 11.9 Å². The number of nitrogens with one attached hydrogen (secondary N) is 4. The quantitative estimate of drug-likeness (QED) is 0.125. The summed E-state index contributed by atoms with van der Waals surface area (Å²) in [6, 6.07) is 28.2. The molecule has 4 aromatic carbocycles. The molecule has 3 atom stereocenters. The summed E-state index contributed by atoms with van der Waals surface area (Å²) in [5, 5.41) is 7.43. The Labute approximate surface area is 292 Å². The smallest absolute Gasteiger partial charge is 0.251 e. The van der Waals surface area contributed by atoms with E-state index in [0.29, 0.717) is 16.3 Å². The van der Waals surface area contributed by atoms with Crippen LogP contribution in [0.3, 0.4) is 0 Å². The molecule has 0 radical (unpaired) electrons. The van der Waals surface area contributed by atoms with Gasteiger partial charge in [-0.3, -0.25) is 14.6 Å². The molecule has 2 amide bonds. The monoisotopic (exact) mass is 696 g/mol. The molecule has 49 heavy (non-hydrogen) atoms. The van der Waals surface area contributed by atoms with Crippen LogP contribution < -0.4 is 36.3 Å². The highest BCUT2D eigenvalue weighted by Gasteiger charge is 2.41. The molecule has 1 saturated heterocycles. The Morgan fingerprint density at radius 2 is 1.63 bits per heavy atom. The van der Waals surface area contributed by atoms with Crippen LogP contribution in [-0.4, -0.2) is 69.2 Å². The van der Waals surface area contributed by atoms with Crippen molar-refractivity contribution in [2.45, 2.75) is 44.8 Å². The lowest BCUT2D eigenvalue weighted by Crippen LogP contribution is -2.48. The predicted molar refractivity (Wildman–Crippen MR) is 197 cm³/mol. The summed E-state index contributed by atoms with van der Waals surface area (Å²) in [6.07, 6.45) is -0.243. The molecule has 0 aromatic heterocycles. The molecule has 2 heterocycles. The Kier molecular flexibility index (Phi) is 10.2. The minimum atomic E-state index is -2.47. The van der Waals surface area contributed by atoms with Crippen LogP contribution in [0.4, 0.5) is 5.69 Å². The number of anilines is 1. The molecule has 0 saturated carbocycles. The fourth-order valence-electron chi connectivity index (χ4n) is 6.25. The van der Waals surface area contributed by atoms with Crippen LogP contribution in [0.5, 0.6) is 5.75 Å². The number of amides is 2. The van der Waals surface area contributed by atoms with Gasteiger partial charge >= 0.3 is 0 Å². The molecule has 0 spiro atoms. The lowest BCUT2D eigenvalue weighted by atomic mass is 9.99. The van der Waals surface area contributed by atoms with Crippen molar-refractivity contribution in [1.29, 1.82) is 0 Å². The molecule has 12 heteroatoms. The zero-order valence-electron chi connectivity index (χ0n) is 28.0. The first-order valence-corrected chi connectivity index (χ1v) is 19.6. The summed E-state index contributed by atoms with van der Waals surface area (Å²) in [4.78, 5) is 44.4. The molecule has 254 valence electrons. The molecule has 1 fully saturated rings. The number of hydrogen-bond donors (Lipinski definition) is 5. The Hall–Kier alpha value is -4.52. The van der Waals surface area contributed by atoms with E-state index in [2.05, 4.69) is 33.3 Å². The summed E-state index contributed by atoms with van der Waals surface area (Å²) in [7, 11) is -0.835. The number of halogens is 1. The van der Waals surface area contributed by atoms with E-state index in [-0.39, 0.29) is 43.7 Å². The van der Waals surface area contributed by atoms with Crippen LogP contribution in [0.25, 0.3) is 11.1 Å². The summed E-state index contributed by atoms with van der Waals surface area (Å²) in [5.41, 5.74) is 12.5. The fraction of sp³-hybridized carbons (Fsp3) is 0.270. The third-order valence-electron chi connectivity index (χ3n) is 8.83. The van der Waals surface area contributed by atoms with Crippen molar-refractivity contribution in [3.63, 3.8) is 0 Å². The molecule has 0 aliphatic carbocycles. The zero-order valence-corrected chi connectivity index (χ0v) is 29.7. The number of hydrogen-bond acceptors (Lipinski definition) is 8. The molecule has 6 rings (SSSR count). The van der Waals surface area contributed by atoms with Crippen molar-refractivity contribution >= 4 is 48.3 Å². The highest BCUT2D eigenvalue weighted by atomic mass is 35.5. The Morgan fingerprint density at radius 1 is 0.918 bits per heavy atom. The van der Waals surface area contributed by atoms with Crippen molar-refractivity contribution in [3.8, 4) is 16.9 Å². The molecule has 3 unspecified atom stereocenters. The number of rotatable bonds is 10. The predicted octanol–water partition coefficient (Wildman–Crippen LogP) is 4.16. The van der Waals surface area contributed by atoms with Crippen LogP contribution in [-0.2, 0) is 4.79 Å². The van der Waals surface area contributed by atoms with Gasteiger partial charge in [0.25, 0.3) is 5.91 Å². The van der Waals surface area contributed by atoms with Crippen LogP contribution in [0.15, 0.2) is 96.0 Å². The SMILES string of the molecule is COc1ccc2c(c1)C(c1ccc(Cl)cc1)=NC(CC(=O)NCCNC(=O)c1cccc(-c3cccc([Si](C)(C)O)c3)c1)C1NNC(C)N21. The molecular formula is C37H41ClN6O4Si. The molecule has 4 aromatic rings. The highest BCUT2D eigenvalue weighted by molar-refractivity contribution is 6.83. The number of ether oxygens (including phenoxy) is 1. The number of methoxy groups -OCH3 is 1. The van der Waals surface area contributed by atoms with Gasteiger partial charge in [-0.15, -0.1) is 0 Å². The van der Waals surface area contributed by atoms with E-state index >= 15 is 0 Å². The van der Waals surface area contributed by atoms with Gasteiger partial charge < -0.3 is 25.1 Å². The van der Waals surface area contributed by atoms with Gasteiger partial charge in [-0.25, -0.2) is 10.9 Å². The van der Waals surface area contributed by atoms with Crippen molar-refractivity contribution in [2.75, 3.05) is 25.1 Å². The van der Waals surface area contributed by atoms with Crippen molar-refractivity contribution < 1.29 is 19.1 Å². The number of benzene rings is 4. The van der Waals surface area contributed by atoms with Crippen LogP contribution >= 0.6 is 11.6 Å². The van der Waals surface area contributed by atoms with E-state index in [9.17, 15) is 14.4 Å². The second-order valence-electron chi connectivity index (χ2n) is 12.8. The lowest BCUT2D eigenvalue weighted by molar-refractivity contribution is -0.121. The summed E-state index contributed by atoms with van der Waals surface area (Å²) < 4.78 is 5.57. The van der Waals surface area contributed by atoms with Gasteiger partial charge in [0, 0.05) is 40.5 Å². The number of nitrogens with zero attached hydrogens (tertiary/aromatic N) is 2. The van der Waals surface area contributed by atoms with E-state index in [1.54, 1.807) is 13.2 Å². The van der Waals surface area contributed by atoms with E-state index in [0.717, 1.165) is 38.8 Å². The van der Waals surface area contributed by atoms with Crippen LogP contribution in [0.2, 0.25) is 18.1 Å². The molecule has 0 bridgehead atoms. The van der Waals surface area contributed by atoms with Gasteiger partial charge in [0.15, 0.2) is 0 Å². The van der Waals surface area contributed by atoms with Gasteiger partial charge in [0.05, 0.1) is 31.4 Å². The first kappa shape index (κ1) is 34.3. The Bertz CT molecular complexity index is 1880. The summed E-state index contributed by atoms with van der Waals surface area (Å²) in [5.74, 6) is 0.292. The Balaban J connectivity index is 1.13. The molecule has 5 N–H and O–H groups in total. The topological polar surface area (TPSA) is 127 Å². The standard InChI is InChI=1S/C37H41ClN6O4Si/c1-23-42-43-36-32(41-35(24-11-13-28(38)14-12-24)31-21-29(48-2)15-16-33(31)44(23)36)22-34(45)39-17-18-40-37(46)27-9-5-7-25(19-27)26-8-6-10-30(20-26)49(3,4)47/h5-16,19-21,23,32,36,42-43,47H,17-18,22H2,1-4H3,(H,39,45)(H,40,46). The van der Waals surface area contributed by atoms with Crippen molar-refractivity contribution in [1.82, 2.24) is 21.5 Å². The lowest BCUT2D eigenvalue weighted by Gasteiger charge is -2.31. The van der Waals surface area contributed by atoms with Gasteiger partial charge in [0.2, 0.25) is 14.2 Å². The average molecular weight is 697 g/mol. The zero-order chi connectivity index (χ0) is 34.7. The second kappa shape index (κ2) is 14.5. The molecule has 2 aliphatic rings. The van der Waals surface area contributed by atoms with Gasteiger partial charge in [-0.05, 0) is 78.8 Å². The van der Waals surface area contributed by atoms with Crippen LogP contribution in [0, 0.1) is 0 Å². The number of aliphatic imine (C=N–C) groups is 1. The third kappa shape index (κ3) is 7.71. The van der Waals surface area contributed by atoms with Crippen molar-refractivity contribution in [3.05, 3.63) is 113 Å². The average Bonchev–Trinajstić information content (AvgIpc) is 3.42. The van der Waals surface area contributed by atoms with E-state index in [1.165, 1.54) is 0 Å². The van der Waals surface area contributed by atoms with Gasteiger partial charge in [-0.1, -0.05) is 60.1 Å². The summed E-state index contributed by atoms with van der Waals surface area (Å²) in [6.45, 7) is 6.34. The second-order valence-corrected chi connectivity index (χ2v) is 16.9. The maximum absolute atomic E-state index is 13.4. The number of hydrazine groups is 1. The number of fused-ring (bicyclic) bond motifs is 3. The molecule has 2 aliphatic heterocycles. The number of carbonyl (C=O) groups excluding carboxylic acids is 2. The van der Waals surface area contributed by atoms with Crippen LogP contribution in [0.1, 0.15) is 34.8 Å². The largest absolute Gasteiger partial charge is 0.497 e. The third-order valence-corrected chi connectivity index (χ3v) is 10.8. The maximum atomic E-state index is 13.4. The van der Waals surface area contributed by atoms with E-state index in [4.69, 9.17) is 21.3 Å². The minimum Gasteiger partial charge on any atom is -0.497 e. The normalized spacial score (nSPS) is 18.5. The Morgan fingerprint density at radius 3 is 2.37 bits per heavy atom. The molecular weight excluding hydrogens is 656 g/mol. The first-order chi connectivity index (χ1) is 23.5. The summed E-state index contributed by atoms with van der Waals surface area (Å²) >= 11 is 6.22. The van der Waals surface area contributed by atoms with Gasteiger partial charge in [-0.2, -0.15) is 0 Å².